The van der Waals surface area contributed by atoms with Crippen LogP contribution in [0.2, 0.25) is 0 Å². The van der Waals surface area contributed by atoms with Crippen LogP contribution in [0.15, 0.2) is 36.7 Å². The number of benzene rings is 1. The second-order valence-electron chi connectivity index (χ2n) is 5.63. The minimum absolute atomic E-state index is 1.00. The number of aromatic nitrogens is 2. The molecule has 2 aromatic heterocycles. The first-order valence-corrected chi connectivity index (χ1v) is 8.40. The van der Waals surface area contributed by atoms with Crippen molar-refractivity contribution in [1.29, 1.82) is 0 Å². The first kappa shape index (κ1) is 13.7. The Balaban J connectivity index is 1.78. The van der Waals surface area contributed by atoms with Crippen LogP contribution in [0, 0.1) is 6.92 Å². The highest BCUT2D eigenvalue weighted by molar-refractivity contribution is 7.21. The number of anilines is 1. The molecule has 5 heteroatoms. The zero-order chi connectivity index (χ0) is 14.9. The number of nitrogens with one attached hydrogen (secondary N) is 1. The van der Waals surface area contributed by atoms with Gasteiger partial charge in [-0.2, -0.15) is 0 Å². The van der Waals surface area contributed by atoms with Crippen LogP contribution in [0.4, 0.5) is 5.82 Å². The number of rotatable bonds is 2. The summed E-state index contributed by atoms with van der Waals surface area (Å²) in [5, 5.41) is 4.56. The number of fused-ring (bicyclic) bond motifs is 1. The van der Waals surface area contributed by atoms with Crippen molar-refractivity contribution in [1.82, 2.24) is 15.3 Å². The number of aryl methyl sites for hydroxylation is 1. The molecule has 112 valence electrons. The van der Waals surface area contributed by atoms with E-state index in [-0.39, 0.29) is 0 Å². The van der Waals surface area contributed by atoms with Crippen LogP contribution in [0.5, 0.6) is 0 Å². The number of piperazine rings is 1. The van der Waals surface area contributed by atoms with Gasteiger partial charge in [0.2, 0.25) is 0 Å². The molecule has 1 N–H and O–H groups in total. The molecule has 0 amide bonds. The van der Waals surface area contributed by atoms with Crippen molar-refractivity contribution in [2.24, 2.45) is 0 Å². The SMILES string of the molecule is Cc1ccc(-c2cc3c(N4CCNCC4)ncnc3s2)cc1. The Morgan fingerprint density at radius 1 is 1.09 bits per heavy atom. The van der Waals surface area contributed by atoms with Crippen molar-refractivity contribution in [3.8, 4) is 10.4 Å². The molecule has 0 spiro atoms. The Hall–Kier alpha value is -1.98. The molecule has 3 heterocycles. The van der Waals surface area contributed by atoms with Crippen molar-refractivity contribution in [2.45, 2.75) is 6.92 Å². The van der Waals surface area contributed by atoms with Crippen LogP contribution < -0.4 is 10.2 Å². The lowest BCUT2D eigenvalue weighted by atomic mass is 10.1. The zero-order valence-electron chi connectivity index (χ0n) is 12.5. The quantitative estimate of drug-likeness (QED) is 0.790. The van der Waals surface area contributed by atoms with Gasteiger partial charge in [-0.15, -0.1) is 11.3 Å². The molecule has 4 nitrogen and oxygen atoms in total. The van der Waals surface area contributed by atoms with E-state index in [1.807, 2.05) is 0 Å². The molecule has 0 saturated carbocycles. The monoisotopic (exact) mass is 310 g/mol. The summed E-state index contributed by atoms with van der Waals surface area (Å²) < 4.78 is 0. The van der Waals surface area contributed by atoms with Crippen molar-refractivity contribution < 1.29 is 0 Å². The standard InChI is InChI=1S/C17H18N4S/c1-12-2-4-13(5-3-12)15-10-14-16(19-11-20-17(14)22-15)21-8-6-18-7-9-21/h2-5,10-11,18H,6-9H2,1H3. The summed E-state index contributed by atoms with van der Waals surface area (Å²) in [7, 11) is 0. The molecule has 4 rings (SSSR count). The summed E-state index contributed by atoms with van der Waals surface area (Å²) in [5.41, 5.74) is 2.53. The van der Waals surface area contributed by atoms with Gasteiger partial charge in [-0.05, 0) is 18.6 Å². The van der Waals surface area contributed by atoms with Crippen LogP contribution >= 0.6 is 11.3 Å². The van der Waals surface area contributed by atoms with E-state index in [9.17, 15) is 0 Å². The third-order valence-corrected chi connectivity index (χ3v) is 5.15. The van der Waals surface area contributed by atoms with Crippen molar-refractivity contribution >= 4 is 27.4 Å². The summed E-state index contributed by atoms with van der Waals surface area (Å²) in [5.74, 6) is 1.07. The van der Waals surface area contributed by atoms with E-state index in [0.29, 0.717) is 0 Å². The summed E-state index contributed by atoms with van der Waals surface area (Å²) in [4.78, 5) is 13.7. The number of hydrogen-bond donors (Lipinski definition) is 1. The van der Waals surface area contributed by atoms with Gasteiger partial charge in [0.25, 0.3) is 0 Å². The molecule has 3 aromatic rings. The lowest BCUT2D eigenvalue weighted by Crippen LogP contribution is -2.43. The average molecular weight is 310 g/mol. The predicted octanol–water partition coefficient (Wildman–Crippen LogP) is 3.08. The highest BCUT2D eigenvalue weighted by Gasteiger charge is 2.17. The number of nitrogens with zero attached hydrogens (tertiary/aromatic N) is 3. The molecule has 0 radical (unpaired) electrons. The summed E-state index contributed by atoms with van der Waals surface area (Å²) in [6.07, 6.45) is 1.69. The fourth-order valence-electron chi connectivity index (χ4n) is 2.83. The first-order valence-electron chi connectivity index (χ1n) is 7.58. The predicted molar refractivity (Wildman–Crippen MR) is 92.7 cm³/mol. The third-order valence-electron chi connectivity index (χ3n) is 4.06. The maximum absolute atomic E-state index is 4.55. The maximum Gasteiger partial charge on any atom is 0.140 e. The summed E-state index contributed by atoms with van der Waals surface area (Å²) in [6, 6.07) is 10.9. The molecular weight excluding hydrogens is 292 g/mol. The van der Waals surface area contributed by atoms with E-state index in [1.54, 1.807) is 17.7 Å². The second kappa shape index (κ2) is 5.66. The van der Waals surface area contributed by atoms with Crippen LogP contribution in [0.25, 0.3) is 20.7 Å². The lowest BCUT2D eigenvalue weighted by molar-refractivity contribution is 0.586. The number of hydrogen-bond acceptors (Lipinski definition) is 5. The minimum Gasteiger partial charge on any atom is -0.353 e. The van der Waals surface area contributed by atoms with Crippen molar-refractivity contribution in [3.63, 3.8) is 0 Å². The smallest absolute Gasteiger partial charge is 0.140 e. The van der Waals surface area contributed by atoms with E-state index >= 15 is 0 Å². The van der Waals surface area contributed by atoms with Crippen LogP contribution in [0.1, 0.15) is 5.56 Å². The Kier molecular flexibility index (Phi) is 3.52. The van der Waals surface area contributed by atoms with Gasteiger partial charge in [-0.25, -0.2) is 9.97 Å². The Morgan fingerprint density at radius 3 is 2.64 bits per heavy atom. The molecule has 1 saturated heterocycles. The Morgan fingerprint density at radius 2 is 1.86 bits per heavy atom. The molecule has 1 aliphatic heterocycles. The molecular formula is C17H18N4S. The fourth-order valence-corrected chi connectivity index (χ4v) is 3.83. The Bertz CT molecular complexity index is 788. The topological polar surface area (TPSA) is 41.0 Å². The molecule has 0 unspecified atom stereocenters. The molecule has 1 aromatic carbocycles. The highest BCUT2D eigenvalue weighted by atomic mass is 32.1. The molecule has 1 fully saturated rings. The van der Waals surface area contributed by atoms with Gasteiger partial charge in [0.05, 0.1) is 5.39 Å². The van der Waals surface area contributed by atoms with Crippen molar-refractivity contribution in [3.05, 3.63) is 42.2 Å². The Labute approximate surface area is 133 Å². The third kappa shape index (κ3) is 2.46. The lowest BCUT2D eigenvalue weighted by Gasteiger charge is -2.28. The molecule has 0 aliphatic carbocycles. The van der Waals surface area contributed by atoms with E-state index in [4.69, 9.17) is 0 Å². The van der Waals surface area contributed by atoms with Gasteiger partial charge in [-0.1, -0.05) is 29.8 Å². The molecule has 22 heavy (non-hydrogen) atoms. The molecule has 1 aliphatic rings. The number of thiophene rings is 1. The van der Waals surface area contributed by atoms with Gasteiger partial charge in [0.1, 0.15) is 17.0 Å². The first-order chi connectivity index (χ1) is 10.8. The maximum atomic E-state index is 4.55. The van der Waals surface area contributed by atoms with Crippen LogP contribution in [-0.2, 0) is 0 Å². The highest BCUT2D eigenvalue weighted by Crippen LogP contribution is 2.36. The van der Waals surface area contributed by atoms with E-state index < -0.39 is 0 Å². The van der Waals surface area contributed by atoms with Crippen molar-refractivity contribution in [2.75, 3.05) is 31.1 Å². The average Bonchev–Trinajstić information content (AvgIpc) is 3.00. The van der Waals surface area contributed by atoms with E-state index in [2.05, 4.69) is 57.4 Å². The van der Waals surface area contributed by atoms with Crippen LogP contribution in [0.3, 0.4) is 0 Å². The van der Waals surface area contributed by atoms with Gasteiger partial charge in [0.15, 0.2) is 0 Å². The van der Waals surface area contributed by atoms with Gasteiger partial charge in [0, 0.05) is 31.1 Å². The summed E-state index contributed by atoms with van der Waals surface area (Å²) in [6.45, 7) is 6.15. The minimum atomic E-state index is 1.00. The fraction of sp³-hybridized carbons (Fsp3) is 0.294. The van der Waals surface area contributed by atoms with E-state index in [0.717, 1.165) is 36.8 Å². The molecule has 0 bridgehead atoms. The summed E-state index contributed by atoms with van der Waals surface area (Å²) >= 11 is 1.74. The van der Waals surface area contributed by atoms with Gasteiger partial charge < -0.3 is 10.2 Å². The van der Waals surface area contributed by atoms with Crippen LogP contribution in [-0.4, -0.2) is 36.1 Å². The van der Waals surface area contributed by atoms with Gasteiger partial charge in [-0.3, -0.25) is 0 Å². The zero-order valence-corrected chi connectivity index (χ0v) is 13.4. The normalized spacial score (nSPS) is 15.4. The largest absolute Gasteiger partial charge is 0.353 e. The second-order valence-corrected chi connectivity index (χ2v) is 6.66. The molecule has 0 atom stereocenters. The van der Waals surface area contributed by atoms with E-state index in [1.165, 1.54) is 21.4 Å². The van der Waals surface area contributed by atoms with Gasteiger partial charge >= 0.3 is 0 Å².